The number of rotatable bonds is 2. The second kappa shape index (κ2) is 3.26. The first-order valence-corrected chi connectivity index (χ1v) is 3.76. The average Bonchev–Trinajstić information content (AvgIpc) is 2.38. The van der Waals surface area contributed by atoms with Crippen LogP contribution in [0.4, 0.5) is 4.79 Å². The van der Waals surface area contributed by atoms with Gasteiger partial charge in [0.05, 0.1) is 6.54 Å². The monoisotopic (exact) mass is 166 g/mol. The van der Waals surface area contributed by atoms with Crippen molar-refractivity contribution in [1.82, 2.24) is 10.2 Å². The van der Waals surface area contributed by atoms with Crippen LogP contribution >= 0.6 is 0 Å². The van der Waals surface area contributed by atoms with E-state index in [1.54, 1.807) is 0 Å². The highest BCUT2D eigenvalue weighted by Crippen LogP contribution is 2.07. The molecule has 0 aromatic rings. The highest BCUT2D eigenvalue weighted by Gasteiger charge is 2.32. The fourth-order valence-electron chi connectivity index (χ4n) is 1.13. The lowest BCUT2D eigenvalue weighted by molar-refractivity contribution is -0.125. The van der Waals surface area contributed by atoms with Crippen molar-refractivity contribution in [1.29, 1.82) is 0 Å². The average molecular weight is 166 g/mol. The van der Waals surface area contributed by atoms with E-state index in [1.165, 1.54) is 0 Å². The topological polar surface area (TPSA) is 49.4 Å². The van der Waals surface area contributed by atoms with Crippen molar-refractivity contribution in [3.63, 3.8) is 0 Å². The number of hydrogen-bond donors (Lipinski definition) is 1. The third-order valence-corrected chi connectivity index (χ3v) is 1.77. The van der Waals surface area contributed by atoms with E-state index in [2.05, 4.69) is 11.2 Å². The lowest BCUT2D eigenvalue weighted by Crippen LogP contribution is -2.39. The fraction of sp³-hybridized carbons (Fsp3) is 0.500. The Morgan fingerprint density at radius 1 is 1.75 bits per heavy atom. The molecule has 4 nitrogen and oxygen atoms in total. The molecule has 4 heteroatoms. The van der Waals surface area contributed by atoms with E-state index in [9.17, 15) is 9.59 Å². The van der Waals surface area contributed by atoms with Crippen molar-refractivity contribution >= 4 is 11.9 Å². The molecule has 64 valence electrons. The van der Waals surface area contributed by atoms with Crippen LogP contribution in [0.15, 0.2) is 0 Å². The fourth-order valence-corrected chi connectivity index (χ4v) is 1.13. The van der Waals surface area contributed by atoms with E-state index < -0.39 is 6.04 Å². The summed E-state index contributed by atoms with van der Waals surface area (Å²) in [7, 11) is 0. The van der Waals surface area contributed by atoms with E-state index in [0.29, 0.717) is 6.42 Å². The third-order valence-electron chi connectivity index (χ3n) is 1.77. The molecule has 1 heterocycles. The van der Waals surface area contributed by atoms with Gasteiger partial charge < -0.3 is 5.32 Å². The zero-order chi connectivity index (χ0) is 9.14. The van der Waals surface area contributed by atoms with Crippen molar-refractivity contribution in [3.05, 3.63) is 0 Å². The minimum absolute atomic E-state index is 0.0665. The van der Waals surface area contributed by atoms with Crippen molar-refractivity contribution < 1.29 is 9.59 Å². The number of nitrogens with one attached hydrogen (secondary N) is 1. The molecule has 0 spiro atoms. The first-order valence-electron chi connectivity index (χ1n) is 3.76. The summed E-state index contributed by atoms with van der Waals surface area (Å²) in [4.78, 5) is 23.2. The molecule has 1 aliphatic heterocycles. The molecule has 1 aliphatic rings. The molecule has 1 saturated heterocycles. The van der Waals surface area contributed by atoms with Crippen LogP contribution in [-0.4, -0.2) is 29.4 Å². The second-order valence-electron chi connectivity index (χ2n) is 2.51. The van der Waals surface area contributed by atoms with Crippen LogP contribution in [0, 0.1) is 12.3 Å². The van der Waals surface area contributed by atoms with Crippen LogP contribution in [0.2, 0.25) is 0 Å². The molecule has 1 N–H and O–H groups in total. The normalized spacial score (nSPS) is 18.8. The zero-order valence-electron chi connectivity index (χ0n) is 6.83. The molecule has 0 aliphatic carbocycles. The van der Waals surface area contributed by atoms with Crippen molar-refractivity contribution in [3.8, 4) is 12.3 Å². The zero-order valence-corrected chi connectivity index (χ0v) is 6.83. The van der Waals surface area contributed by atoms with E-state index >= 15 is 0 Å². The maximum absolute atomic E-state index is 11.1. The van der Waals surface area contributed by atoms with Gasteiger partial charge in [-0.2, -0.15) is 0 Å². The third kappa shape index (κ3) is 1.26. The molecule has 0 radical (unpaired) electrons. The van der Waals surface area contributed by atoms with Gasteiger partial charge in [-0.25, -0.2) is 9.69 Å². The van der Waals surface area contributed by atoms with Crippen LogP contribution in [0.5, 0.6) is 0 Å². The molecule has 0 bridgehead atoms. The van der Waals surface area contributed by atoms with Crippen LogP contribution in [0.1, 0.15) is 13.3 Å². The van der Waals surface area contributed by atoms with E-state index in [0.717, 1.165) is 4.90 Å². The van der Waals surface area contributed by atoms with Crippen molar-refractivity contribution in [2.24, 2.45) is 0 Å². The summed E-state index contributed by atoms with van der Waals surface area (Å²) in [6.45, 7) is 1.90. The van der Waals surface area contributed by atoms with Gasteiger partial charge in [0, 0.05) is 0 Å². The number of carbonyl (C=O) groups is 2. The molecule has 0 saturated carbocycles. The van der Waals surface area contributed by atoms with E-state index in [1.807, 2.05) is 6.92 Å². The number of amides is 3. The number of nitrogens with zero attached hydrogens (tertiary/aromatic N) is 1. The number of urea groups is 1. The minimum atomic E-state index is -0.403. The van der Waals surface area contributed by atoms with Crippen LogP contribution < -0.4 is 5.32 Å². The Labute approximate surface area is 70.9 Å². The summed E-state index contributed by atoms with van der Waals surface area (Å²) in [6, 6.07) is -0.787. The molecular weight excluding hydrogens is 156 g/mol. The Morgan fingerprint density at radius 3 is 2.75 bits per heavy atom. The SMILES string of the molecule is C#CC(CC)N1C(=O)CNC1=O. The van der Waals surface area contributed by atoms with Gasteiger partial charge in [-0.3, -0.25) is 4.79 Å². The Balaban J connectivity index is 2.79. The smallest absolute Gasteiger partial charge is 0.325 e. The largest absolute Gasteiger partial charge is 0.328 e. The van der Waals surface area contributed by atoms with Crippen LogP contribution in [-0.2, 0) is 4.79 Å². The van der Waals surface area contributed by atoms with Gasteiger partial charge in [-0.15, -0.1) is 6.42 Å². The maximum atomic E-state index is 11.1. The Bertz CT molecular complexity index is 238. The van der Waals surface area contributed by atoms with Gasteiger partial charge in [0.1, 0.15) is 6.04 Å². The molecule has 3 amide bonds. The Morgan fingerprint density at radius 2 is 2.42 bits per heavy atom. The van der Waals surface area contributed by atoms with Gasteiger partial charge in [0.25, 0.3) is 5.91 Å². The number of imide groups is 1. The van der Waals surface area contributed by atoms with Crippen LogP contribution in [0.25, 0.3) is 0 Å². The molecule has 1 rings (SSSR count). The van der Waals surface area contributed by atoms with E-state index in [4.69, 9.17) is 6.42 Å². The van der Waals surface area contributed by atoms with Gasteiger partial charge in [-0.05, 0) is 6.42 Å². The first kappa shape index (κ1) is 8.60. The maximum Gasteiger partial charge on any atom is 0.325 e. The summed E-state index contributed by atoms with van der Waals surface area (Å²) in [5.41, 5.74) is 0. The summed E-state index contributed by atoms with van der Waals surface area (Å²) in [5.74, 6) is 2.15. The number of carbonyl (C=O) groups excluding carboxylic acids is 2. The first-order chi connectivity index (χ1) is 5.70. The standard InChI is InChI=1S/C8H10N2O2/c1-3-6(4-2)10-7(11)5-9-8(10)12/h1,6H,4-5H2,2H3,(H,9,12). The Hall–Kier alpha value is -1.50. The summed E-state index contributed by atoms with van der Waals surface area (Å²) in [6.07, 6.45) is 5.76. The molecule has 1 fully saturated rings. The summed E-state index contributed by atoms with van der Waals surface area (Å²) >= 11 is 0. The molecule has 1 unspecified atom stereocenters. The van der Waals surface area contributed by atoms with Gasteiger partial charge in [-0.1, -0.05) is 12.8 Å². The van der Waals surface area contributed by atoms with Crippen LogP contribution in [0.3, 0.4) is 0 Å². The highest BCUT2D eigenvalue weighted by atomic mass is 16.2. The second-order valence-corrected chi connectivity index (χ2v) is 2.51. The predicted octanol–water partition coefficient (Wildman–Crippen LogP) is -0.0500. The molecular formula is C8H10N2O2. The quantitative estimate of drug-likeness (QED) is 0.462. The number of terminal acetylenes is 1. The minimum Gasteiger partial charge on any atom is -0.328 e. The van der Waals surface area contributed by atoms with Gasteiger partial charge in [0.15, 0.2) is 0 Å². The summed E-state index contributed by atoms with van der Waals surface area (Å²) < 4.78 is 0. The van der Waals surface area contributed by atoms with Crippen molar-refractivity contribution in [2.45, 2.75) is 19.4 Å². The Kier molecular flexibility index (Phi) is 2.34. The number of hydrogen-bond acceptors (Lipinski definition) is 2. The van der Waals surface area contributed by atoms with Gasteiger partial charge in [0.2, 0.25) is 0 Å². The molecule has 0 aromatic heterocycles. The molecule has 1 atom stereocenters. The molecule has 0 aromatic carbocycles. The summed E-state index contributed by atoms with van der Waals surface area (Å²) in [5, 5.41) is 2.41. The van der Waals surface area contributed by atoms with Gasteiger partial charge >= 0.3 is 6.03 Å². The predicted molar refractivity (Wildman–Crippen MR) is 43.2 cm³/mol. The molecule has 12 heavy (non-hydrogen) atoms. The highest BCUT2D eigenvalue weighted by molar-refractivity contribution is 6.02. The lowest BCUT2D eigenvalue weighted by Gasteiger charge is -2.17. The van der Waals surface area contributed by atoms with Crippen molar-refractivity contribution in [2.75, 3.05) is 6.54 Å². The van der Waals surface area contributed by atoms with E-state index in [-0.39, 0.29) is 18.5 Å². The lowest BCUT2D eigenvalue weighted by atomic mass is 10.2.